The van der Waals surface area contributed by atoms with Gasteiger partial charge in [-0.15, -0.1) is 0 Å². The van der Waals surface area contributed by atoms with Gasteiger partial charge in [0.2, 0.25) is 5.91 Å². The zero-order chi connectivity index (χ0) is 19.1. The van der Waals surface area contributed by atoms with Gasteiger partial charge in [-0.1, -0.05) is 17.4 Å². The number of amides is 1. The first-order chi connectivity index (χ1) is 12.2. The molecule has 26 heavy (non-hydrogen) atoms. The van der Waals surface area contributed by atoms with Crippen molar-refractivity contribution in [3.8, 4) is 0 Å². The molecule has 0 unspecified atom stereocenters. The molecule has 1 aromatic heterocycles. The molecule has 8 heteroatoms. The fraction of sp³-hybridized carbons (Fsp3) is 0.222. The number of aromatic nitrogens is 1. The van der Waals surface area contributed by atoms with Gasteiger partial charge in [-0.2, -0.15) is 0 Å². The summed E-state index contributed by atoms with van der Waals surface area (Å²) in [5, 5.41) is 3.12. The Balaban J connectivity index is 1.94. The molecular formula is C18H19N3O3S2. The summed E-state index contributed by atoms with van der Waals surface area (Å²) in [6.07, 6.45) is 0. The van der Waals surface area contributed by atoms with E-state index in [1.807, 2.05) is 19.9 Å². The molecule has 0 aliphatic carbocycles. The fourth-order valence-corrected chi connectivity index (χ4v) is 4.94. The Bertz CT molecular complexity index is 1120. The van der Waals surface area contributed by atoms with E-state index in [1.165, 1.54) is 18.3 Å². The second kappa shape index (κ2) is 6.69. The lowest BCUT2D eigenvalue weighted by molar-refractivity contribution is -0.114. The Labute approximate surface area is 156 Å². The minimum Gasteiger partial charge on any atom is -0.302 e. The monoisotopic (exact) mass is 389 g/mol. The van der Waals surface area contributed by atoms with Crippen LogP contribution in [-0.4, -0.2) is 19.3 Å². The number of thiazole rings is 1. The van der Waals surface area contributed by atoms with Crippen molar-refractivity contribution >= 4 is 48.3 Å². The molecule has 0 saturated heterocycles. The van der Waals surface area contributed by atoms with E-state index in [2.05, 4.69) is 15.0 Å². The third-order valence-corrected chi connectivity index (χ3v) is 6.46. The van der Waals surface area contributed by atoms with Crippen LogP contribution in [0.2, 0.25) is 0 Å². The van der Waals surface area contributed by atoms with Gasteiger partial charge in [-0.25, -0.2) is 13.4 Å². The summed E-state index contributed by atoms with van der Waals surface area (Å²) in [7, 11) is -3.70. The Morgan fingerprint density at radius 3 is 2.42 bits per heavy atom. The molecule has 0 aliphatic rings. The molecular weight excluding hydrogens is 370 g/mol. The smallest absolute Gasteiger partial charge is 0.262 e. The van der Waals surface area contributed by atoms with Crippen molar-refractivity contribution < 1.29 is 13.2 Å². The van der Waals surface area contributed by atoms with Crippen LogP contribution in [0.3, 0.4) is 0 Å². The average molecular weight is 390 g/mol. The molecule has 136 valence electrons. The zero-order valence-electron chi connectivity index (χ0n) is 14.9. The molecule has 3 rings (SSSR count). The zero-order valence-corrected chi connectivity index (χ0v) is 16.5. The highest BCUT2D eigenvalue weighted by molar-refractivity contribution is 7.92. The number of nitrogens with zero attached hydrogens (tertiary/aromatic N) is 1. The number of rotatable bonds is 4. The standard InChI is InChI=1S/C18H19N3O3S2/c1-10-7-12(3)17(8-11(10)2)26(23,24)21-14-5-6-15-16(9-14)25-18(20-15)19-13(4)22/h5-9,21H,1-4H3,(H,19,20,22). The molecule has 1 amide bonds. The Hall–Kier alpha value is -2.45. The number of anilines is 2. The van der Waals surface area contributed by atoms with Crippen LogP contribution in [0.25, 0.3) is 10.2 Å². The predicted octanol–water partition coefficient (Wildman–Crippen LogP) is 3.98. The van der Waals surface area contributed by atoms with E-state index >= 15 is 0 Å². The van der Waals surface area contributed by atoms with Gasteiger partial charge in [0.25, 0.3) is 10.0 Å². The van der Waals surface area contributed by atoms with E-state index in [9.17, 15) is 13.2 Å². The number of hydrogen-bond donors (Lipinski definition) is 2. The molecule has 1 heterocycles. The van der Waals surface area contributed by atoms with Crippen molar-refractivity contribution in [2.24, 2.45) is 0 Å². The third-order valence-electron chi connectivity index (χ3n) is 4.00. The first-order valence-electron chi connectivity index (χ1n) is 7.94. The molecule has 2 aromatic carbocycles. The molecule has 0 atom stereocenters. The van der Waals surface area contributed by atoms with Crippen molar-refractivity contribution in [2.45, 2.75) is 32.6 Å². The lowest BCUT2D eigenvalue weighted by Crippen LogP contribution is -2.14. The van der Waals surface area contributed by atoms with Gasteiger partial charge in [-0.3, -0.25) is 9.52 Å². The summed E-state index contributed by atoms with van der Waals surface area (Å²) < 4.78 is 29.0. The summed E-state index contributed by atoms with van der Waals surface area (Å²) >= 11 is 1.29. The summed E-state index contributed by atoms with van der Waals surface area (Å²) in [5.74, 6) is -0.199. The highest BCUT2D eigenvalue weighted by Crippen LogP contribution is 2.30. The molecule has 0 fully saturated rings. The van der Waals surface area contributed by atoms with Crippen LogP contribution < -0.4 is 10.0 Å². The predicted molar refractivity (Wildman–Crippen MR) is 105 cm³/mol. The number of nitrogens with one attached hydrogen (secondary N) is 2. The van der Waals surface area contributed by atoms with Crippen molar-refractivity contribution in [3.05, 3.63) is 47.0 Å². The molecule has 6 nitrogen and oxygen atoms in total. The van der Waals surface area contributed by atoms with Gasteiger partial charge in [0.1, 0.15) is 0 Å². The summed E-state index contributed by atoms with van der Waals surface area (Å²) in [6, 6.07) is 8.66. The van der Waals surface area contributed by atoms with Crippen LogP contribution in [0.4, 0.5) is 10.8 Å². The number of fused-ring (bicyclic) bond motifs is 1. The van der Waals surface area contributed by atoms with E-state index in [1.54, 1.807) is 31.2 Å². The lowest BCUT2D eigenvalue weighted by Gasteiger charge is -2.12. The minimum absolute atomic E-state index is 0.199. The number of hydrogen-bond acceptors (Lipinski definition) is 5. The highest BCUT2D eigenvalue weighted by atomic mass is 32.2. The van der Waals surface area contributed by atoms with Crippen LogP contribution in [0.15, 0.2) is 35.2 Å². The molecule has 2 N–H and O–H groups in total. The second-order valence-corrected chi connectivity index (χ2v) is 8.87. The van der Waals surface area contributed by atoms with Gasteiger partial charge in [0, 0.05) is 6.92 Å². The first-order valence-corrected chi connectivity index (χ1v) is 10.2. The minimum atomic E-state index is -3.70. The SMILES string of the molecule is CC(=O)Nc1nc2ccc(NS(=O)(=O)c3cc(C)c(C)cc3C)cc2s1. The Morgan fingerprint density at radius 1 is 1.04 bits per heavy atom. The normalized spacial score (nSPS) is 11.5. The van der Waals surface area contributed by atoms with Crippen LogP contribution >= 0.6 is 11.3 Å². The molecule has 0 spiro atoms. The van der Waals surface area contributed by atoms with Crippen LogP contribution in [-0.2, 0) is 14.8 Å². The number of sulfonamides is 1. The maximum atomic E-state index is 12.8. The van der Waals surface area contributed by atoms with E-state index < -0.39 is 10.0 Å². The quantitative estimate of drug-likeness (QED) is 0.706. The summed E-state index contributed by atoms with van der Waals surface area (Å²) in [4.78, 5) is 15.7. The van der Waals surface area contributed by atoms with Crippen LogP contribution in [0.5, 0.6) is 0 Å². The van der Waals surface area contributed by atoms with Gasteiger partial charge < -0.3 is 5.32 Å². The Morgan fingerprint density at radius 2 is 1.73 bits per heavy atom. The third kappa shape index (κ3) is 3.71. The topological polar surface area (TPSA) is 88.2 Å². The molecule has 0 aliphatic heterocycles. The number of aryl methyl sites for hydroxylation is 3. The molecule has 0 bridgehead atoms. The second-order valence-electron chi connectivity index (χ2n) is 6.19. The summed E-state index contributed by atoms with van der Waals surface area (Å²) in [6.45, 7) is 7.04. The van der Waals surface area contributed by atoms with Crippen molar-refractivity contribution in [2.75, 3.05) is 10.0 Å². The molecule has 0 saturated carbocycles. The van der Waals surface area contributed by atoms with Gasteiger partial charge >= 0.3 is 0 Å². The van der Waals surface area contributed by atoms with E-state index in [0.29, 0.717) is 21.9 Å². The van der Waals surface area contributed by atoms with Crippen molar-refractivity contribution in [3.63, 3.8) is 0 Å². The Kier molecular flexibility index (Phi) is 4.72. The van der Waals surface area contributed by atoms with Crippen LogP contribution in [0, 0.1) is 20.8 Å². The van der Waals surface area contributed by atoms with Gasteiger partial charge in [0.05, 0.1) is 20.8 Å². The molecule has 0 radical (unpaired) electrons. The fourth-order valence-electron chi connectivity index (χ4n) is 2.63. The largest absolute Gasteiger partial charge is 0.302 e. The van der Waals surface area contributed by atoms with E-state index in [-0.39, 0.29) is 10.8 Å². The maximum Gasteiger partial charge on any atom is 0.262 e. The van der Waals surface area contributed by atoms with Gasteiger partial charge in [0.15, 0.2) is 5.13 Å². The first kappa shape index (κ1) is 18.3. The van der Waals surface area contributed by atoms with E-state index in [0.717, 1.165) is 15.8 Å². The lowest BCUT2D eigenvalue weighted by atomic mass is 10.1. The highest BCUT2D eigenvalue weighted by Gasteiger charge is 2.18. The average Bonchev–Trinajstić information content (AvgIpc) is 2.90. The number of carbonyl (C=O) groups excluding carboxylic acids is 1. The molecule has 3 aromatic rings. The number of benzene rings is 2. The maximum absolute atomic E-state index is 12.8. The van der Waals surface area contributed by atoms with Crippen molar-refractivity contribution in [1.29, 1.82) is 0 Å². The summed E-state index contributed by atoms with van der Waals surface area (Å²) in [5.41, 5.74) is 3.83. The van der Waals surface area contributed by atoms with Gasteiger partial charge in [-0.05, 0) is 61.7 Å². The van der Waals surface area contributed by atoms with E-state index in [4.69, 9.17) is 0 Å². The number of carbonyl (C=O) groups is 1. The van der Waals surface area contributed by atoms with Crippen LogP contribution in [0.1, 0.15) is 23.6 Å². The van der Waals surface area contributed by atoms with Crippen molar-refractivity contribution in [1.82, 2.24) is 4.98 Å².